The zero-order valence-electron chi connectivity index (χ0n) is 11.1. The number of nitrogens with one attached hydrogen (secondary N) is 1. The first-order valence-electron chi connectivity index (χ1n) is 6.74. The molecule has 1 aromatic heterocycles. The molecule has 3 rings (SSSR count). The molecule has 4 heteroatoms. The first kappa shape index (κ1) is 12.0. The fourth-order valence-electron chi connectivity index (χ4n) is 2.39. The van der Waals surface area contributed by atoms with E-state index in [4.69, 9.17) is 0 Å². The third kappa shape index (κ3) is 2.84. The number of hydrogen-bond acceptors (Lipinski definition) is 4. The average Bonchev–Trinajstić information content (AvgIpc) is 2.93. The molecule has 0 saturated carbocycles. The van der Waals surface area contributed by atoms with Crippen LogP contribution in [0.2, 0.25) is 0 Å². The standard InChI is InChI=1S/C15H18N4/c1-12-16-14(18-13-7-3-2-4-8-13)11-15(17-12)19-9-5-6-10-19/h2-4,7-8,11H,5-6,9-10H2,1H3,(H,16,17,18). The van der Waals surface area contributed by atoms with Crippen molar-refractivity contribution < 1.29 is 0 Å². The largest absolute Gasteiger partial charge is 0.356 e. The molecule has 19 heavy (non-hydrogen) atoms. The minimum atomic E-state index is 0.808. The molecule has 0 radical (unpaired) electrons. The third-order valence-electron chi connectivity index (χ3n) is 3.30. The molecule has 0 spiro atoms. The zero-order valence-corrected chi connectivity index (χ0v) is 11.1. The molecule has 0 aliphatic carbocycles. The highest BCUT2D eigenvalue weighted by Crippen LogP contribution is 2.22. The first-order chi connectivity index (χ1) is 9.31. The molecule has 0 atom stereocenters. The van der Waals surface area contributed by atoms with Gasteiger partial charge in [0.15, 0.2) is 0 Å². The molecule has 1 fully saturated rings. The summed E-state index contributed by atoms with van der Waals surface area (Å²) in [6.45, 7) is 4.14. The summed E-state index contributed by atoms with van der Waals surface area (Å²) in [6, 6.07) is 12.1. The van der Waals surface area contributed by atoms with E-state index >= 15 is 0 Å². The van der Waals surface area contributed by atoms with E-state index in [0.717, 1.165) is 36.2 Å². The molecule has 2 aromatic rings. The van der Waals surface area contributed by atoms with Gasteiger partial charge in [0.05, 0.1) is 0 Å². The van der Waals surface area contributed by atoms with Gasteiger partial charge in [0.2, 0.25) is 0 Å². The molecule has 1 N–H and O–H groups in total. The molecule has 1 saturated heterocycles. The van der Waals surface area contributed by atoms with E-state index in [1.54, 1.807) is 0 Å². The third-order valence-corrected chi connectivity index (χ3v) is 3.30. The van der Waals surface area contributed by atoms with Crippen molar-refractivity contribution in [1.82, 2.24) is 9.97 Å². The van der Waals surface area contributed by atoms with E-state index in [2.05, 4.69) is 20.2 Å². The lowest BCUT2D eigenvalue weighted by Crippen LogP contribution is -2.19. The lowest BCUT2D eigenvalue weighted by atomic mass is 10.3. The summed E-state index contributed by atoms with van der Waals surface area (Å²) in [6.07, 6.45) is 2.51. The van der Waals surface area contributed by atoms with E-state index < -0.39 is 0 Å². The Morgan fingerprint density at radius 1 is 1.05 bits per heavy atom. The molecule has 98 valence electrons. The lowest BCUT2D eigenvalue weighted by Gasteiger charge is -2.17. The summed E-state index contributed by atoms with van der Waals surface area (Å²) < 4.78 is 0. The number of aryl methyl sites for hydroxylation is 1. The van der Waals surface area contributed by atoms with E-state index in [9.17, 15) is 0 Å². The van der Waals surface area contributed by atoms with E-state index in [1.807, 2.05) is 43.3 Å². The van der Waals surface area contributed by atoms with Gasteiger partial charge in [-0.05, 0) is 31.9 Å². The Kier molecular flexibility index (Phi) is 3.31. The Hall–Kier alpha value is -2.10. The van der Waals surface area contributed by atoms with Gasteiger partial charge in [-0.15, -0.1) is 0 Å². The van der Waals surface area contributed by atoms with Crippen LogP contribution in [0.3, 0.4) is 0 Å². The van der Waals surface area contributed by atoms with Crippen molar-refractivity contribution in [3.63, 3.8) is 0 Å². The van der Waals surface area contributed by atoms with Crippen LogP contribution in [-0.2, 0) is 0 Å². The summed E-state index contributed by atoms with van der Waals surface area (Å²) in [5.41, 5.74) is 1.05. The molecule has 0 bridgehead atoms. The van der Waals surface area contributed by atoms with Gasteiger partial charge in [0.25, 0.3) is 0 Å². The molecule has 0 unspecified atom stereocenters. The quantitative estimate of drug-likeness (QED) is 0.913. The van der Waals surface area contributed by atoms with Crippen molar-refractivity contribution in [2.75, 3.05) is 23.3 Å². The van der Waals surface area contributed by atoms with Gasteiger partial charge in [0, 0.05) is 24.8 Å². The Bertz CT molecular complexity index is 547. The Morgan fingerprint density at radius 2 is 1.79 bits per heavy atom. The highest BCUT2D eigenvalue weighted by molar-refractivity contribution is 5.59. The summed E-state index contributed by atoms with van der Waals surface area (Å²) in [4.78, 5) is 11.3. The Morgan fingerprint density at radius 3 is 2.53 bits per heavy atom. The van der Waals surface area contributed by atoms with E-state index in [1.165, 1.54) is 12.8 Å². The number of nitrogens with zero attached hydrogens (tertiary/aromatic N) is 3. The van der Waals surface area contributed by atoms with Crippen molar-refractivity contribution in [1.29, 1.82) is 0 Å². The average molecular weight is 254 g/mol. The minimum Gasteiger partial charge on any atom is -0.356 e. The second-order valence-electron chi connectivity index (χ2n) is 4.84. The Balaban J connectivity index is 1.85. The molecule has 4 nitrogen and oxygen atoms in total. The van der Waals surface area contributed by atoms with Crippen molar-refractivity contribution in [3.8, 4) is 0 Å². The van der Waals surface area contributed by atoms with Crippen LogP contribution in [0.5, 0.6) is 0 Å². The van der Waals surface area contributed by atoms with Crippen molar-refractivity contribution >= 4 is 17.3 Å². The zero-order chi connectivity index (χ0) is 13.1. The number of rotatable bonds is 3. The summed E-state index contributed by atoms with van der Waals surface area (Å²) >= 11 is 0. The monoisotopic (exact) mass is 254 g/mol. The van der Waals surface area contributed by atoms with Crippen LogP contribution in [0.1, 0.15) is 18.7 Å². The number of aromatic nitrogens is 2. The number of hydrogen-bond donors (Lipinski definition) is 1. The highest BCUT2D eigenvalue weighted by Gasteiger charge is 2.14. The topological polar surface area (TPSA) is 41.1 Å². The van der Waals surface area contributed by atoms with Gasteiger partial charge < -0.3 is 10.2 Å². The van der Waals surface area contributed by atoms with Crippen LogP contribution < -0.4 is 10.2 Å². The van der Waals surface area contributed by atoms with Crippen LogP contribution in [0.4, 0.5) is 17.3 Å². The van der Waals surface area contributed by atoms with Gasteiger partial charge in [-0.25, -0.2) is 9.97 Å². The van der Waals surface area contributed by atoms with Gasteiger partial charge in [-0.1, -0.05) is 18.2 Å². The lowest BCUT2D eigenvalue weighted by molar-refractivity contribution is 0.912. The second-order valence-corrected chi connectivity index (χ2v) is 4.84. The van der Waals surface area contributed by atoms with E-state index in [0.29, 0.717) is 0 Å². The SMILES string of the molecule is Cc1nc(Nc2ccccc2)cc(N2CCCC2)n1. The predicted molar refractivity (Wildman–Crippen MR) is 77.9 cm³/mol. The molecular formula is C15H18N4. The Labute approximate surface area is 113 Å². The van der Waals surface area contributed by atoms with E-state index in [-0.39, 0.29) is 0 Å². The van der Waals surface area contributed by atoms with Gasteiger partial charge in [-0.3, -0.25) is 0 Å². The fraction of sp³-hybridized carbons (Fsp3) is 0.333. The number of anilines is 3. The minimum absolute atomic E-state index is 0.808. The molecule has 1 aliphatic heterocycles. The summed E-state index contributed by atoms with van der Waals surface area (Å²) in [7, 11) is 0. The maximum absolute atomic E-state index is 4.53. The maximum atomic E-state index is 4.53. The maximum Gasteiger partial charge on any atom is 0.136 e. The highest BCUT2D eigenvalue weighted by atomic mass is 15.2. The first-order valence-corrected chi connectivity index (χ1v) is 6.74. The van der Waals surface area contributed by atoms with Crippen LogP contribution in [0.25, 0.3) is 0 Å². The molecule has 2 heterocycles. The van der Waals surface area contributed by atoms with Gasteiger partial charge in [0.1, 0.15) is 17.5 Å². The van der Waals surface area contributed by atoms with Gasteiger partial charge in [-0.2, -0.15) is 0 Å². The molecule has 1 aliphatic rings. The smallest absolute Gasteiger partial charge is 0.136 e. The van der Waals surface area contributed by atoms with Crippen LogP contribution in [-0.4, -0.2) is 23.1 Å². The molecule has 0 amide bonds. The summed E-state index contributed by atoms with van der Waals surface area (Å²) in [5.74, 6) is 2.70. The normalized spacial score (nSPS) is 14.7. The number of para-hydroxylation sites is 1. The molecule has 1 aromatic carbocycles. The van der Waals surface area contributed by atoms with Crippen LogP contribution >= 0.6 is 0 Å². The van der Waals surface area contributed by atoms with Crippen molar-refractivity contribution in [2.24, 2.45) is 0 Å². The second kappa shape index (κ2) is 5.26. The number of benzene rings is 1. The fourth-order valence-corrected chi connectivity index (χ4v) is 2.39. The van der Waals surface area contributed by atoms with Crippen molar-refractivity contribution in [2.45, 2.75) is 19.8 Å². The van der Waals surface area contributed by atoms with Crippen LogP contribution in [0, 0.1) is 6.92 Å². The molecular weight excluding hydrogens is 236 g/mol. The van der Waals surface area contributed by atoms with Crippen molar-refractivity contribution in [3.05, 3.63) is 42.2 Å². The predicted octanol–water partition coefficient (Wildman–Crippen LogP) is 3.13. The van der Waals surface area contributed by atoms with Gasteiger partial charge >= 0.3 is 0 Å². The van der Waals surface area contributed by atoms with Crippen LogP contribution in [0.15, 0.2) is 36.4 Å². The summed E-state index contributed by atoms with van der Waals surface area (Å²) in [5, 5.41) is 3.33.